The van der Waals surface area contributed by atoms with Gasteiger partial charge in [-0.2, -0.15) is 0 Å². The van der Waals surface area contributed by atoms with Gasteiger partial charge in [-0.25, -0.2) is 9.97 Å². The monoisotopic (exact) mass is 568 g/mol. The number of fused-ring (bicyclic) bond motifs is 2. The molecule has 34 heavy (non-hydrogen) atoms. The maximum absolute atomic E-state index is 12.2. The summed E-state index contributed by atoms with van der Waals surface area (Å²) in [7, 11) is 3.21. The molecule has 0 aliphatic heterocycles. The molecule has 0 spiro atoms. The zero-order valence-corrected chi connectivity index (χ0v) is 20.9. The number of thiazole rings is 2. The first-order valence-electron chi connectivity index (χ1n) is 9.62. The lowest BCUT2D eigenvalue weighted by atomic mass is 10.0. The molecule has 11 heteroatoms. The van der Waals surface area contributed by atoms with Crippen LogP contribution in [0, 0.1) is 0 Å². The summed E-state index contributed by atoms with van der Waals surface area (Å²) >= 11 is 6.52. The minimum Gasteiger partial charge on any atom is -0.496 e. The summed E-state index contributed by atoms with van der Waals surface area (Å²) in [5.74, 6) is 1.24. The third-order valence-electron chi connectivity index (χ3n) is 4.68. The third kappa shape index (κ3) is 5.26. The number of alkyl halides is 3. The smallest absolute Gasteiger partial charge is 0.496 e. The van der Waals surface area contributed by atoms with Crippen LogP contribution in [0.15, 0.2) is 64.0 Å². The highest BCUT2D eigenvalue weighted by Gasteiger charge is 2.31. The second kappa shape index (κ2) is 10.2. The zero-order chi connectivity index (χ0) is 24.3. The van der Waals surface area contributed by atoms with E-state index >= 15 is 0 Å². The first-order chi connectivity index (χ1) is 16.3. The third-order valence-corrected chi connectivity index (χ3v) is 7.45. The van der Waals surface area contributed by atoms with E-state index in [0.29, 0.717) is 5.75 Å². The van der Waals surface area contributed by atoms with Crippen LogP contribution >= 0.6 is 38.6 Å². The molecule has 0 fully saturated rings. The van der Waals surface area contributed by atoms with Crippen LogP contribution in [0.1, 0.15) is 0 Å². The van der Waals surface area contributed by atoms with Crippen molar-refractivity contribution in [1.29, 1.82) is 0 Å². The molecule has 176 valence electrons. The van der Waals surface area contributed by atoms with Crippen molar-refractivity contribution in [1.82, 2.24) is 9.97 Å². The quantitative estimate of drug-likeness (QED) is 0.220. The van der Waals surface area contributed by atoms with Crippen molar-refractivity contribution in [3.8, 4) is 28.4 Å². The maximum Gasteiger partial charge on any atom is 0.573 e. The van der Waals surface area contributed by atoms with Crippen LogP contribution in [0.25, 0.3) is 31.6 Å². The fraction of sp³-hybridized carbons (Fsp3) is 0.130. The lowest BCUT2D eigenvalue weighted by molar-refractivity contribution is -0.274. The van der Waals surface area contributed by atoms with Crippen LogP contribution in [0.4, 0.5) is 13.2 Å². The fourth-order valence-corrected chi connectivity index (χ4v) is 5.56. The largest absolute Gasteiger partial charge is 0.573 e. The second-order valence-corrected chi connectivity index (χ2v) is 9.20. The number of aromatic nitrogens is 2. The molecule has 2 heterocycles. The molecule has 3 aromatic carbocycles. The standard InChI is InChI=1S/C15H10F3NO2S.C8H6BrNOS/c1-20-12-7-6-11-14(22-8-19-11)13(12)9-2-4-10(5-3-9)21-15(16,17)18;1-11-6-3-2-5-8(7(6)9)12-4-10-5/h2-8H,1H3;2-4H,1H3. The highest BCUT2D eigenvalue weighted by atomic mass is 79.9. The molecule has 0 aliphatic rings. The van der Waals surface area contributed by atoms with E-state index in [1.54, 1.807) is 49.3 Å². The van der Waals surface area contributed by atoms with E-state index in [0.717, 1.165) is 41.8 Å². The lowest BCUT2D eigenvalue weighted by Gasteiger charge is -2.12. The Morgan fingerprint density at radius 3 is 1.91 bits per heavy atom. The Morgan fingerprint density at radius 1 is 0.765 bits per heavy atom. The number of hydrogen-bond acceptors (Lipinski definition) is 7. The van der Waals surface area contributed by atoms with Gasteiger partial charge in [-0.15, -0.1) is 35.8 Å². The van der Waals surface area contributed by atoms with Gasteiger partial charge < -0.3 is 14.2 Å². The summed E-state index contributed by atoms with van der Waals surface area (Å²) in [6.07, 6.45) is -4.70. The van der Waals surface area contributed by atoms with Gasteiger partial charge >= 0.3 is 6.36 Å². The summed E-state index contributed by atoms with van der Waals surface area (Å²) in [6, 6.07) is 13.2. The normalized spacial score (nSPS) is 11.2. The number of rotatable bonds is 4. The summed E-state index contributed by atoms with van der Waals surface area (Å²) in [5.41, 5.74) is 6.91. The Bertz CT molecular complexity index is 1420. The van der Waals surface area contributed by atoms with Gasteiger partial charge in [-0.05, 0) is 57.9 Å². The Balaban J connectivity index is 0.000000192. The molecule has 0 amide bonds. The molecule has 0 radical (unpaired) electrons. The van der Waals surface area contributed by atoms with Gasteiger partial charge in [-0.1, -0.05) is 12.1 Å². The highest BCUT2D eigenvalue weighted by molar-refractivity contribution is 9.10. The van der Waals surface area contributed by atoms with E-state index in [1.165, 1.54) is 23.5 Å². The van der Waals surface area contributed by atoms with Crippen LogP contribution in [-0.2, 0) is 0 Å². The number of benzene rings is 3. The van der Waals surface area contributed by atoms with Crippen LogP contribution in [0.2, 0.25) is 0 Å². The number of hydrogen-bond donors (Lipinski definition) is 0. The number of ether oxygens (including phenoxy) is 3. The average molecular weight is 569 g/mol. The number of halogens is 4. The number of methoxy groups -OCH3 is 2. The van der Waals surface area contributed by atoms with Gasteiger partial charge in [0, 0.05) is 5.56 Å². The van der Waals surface area contributed by atoms with Crippen LogP contribution < -0.4 is 14.2 Å². The first kappa shape index (κ1) is 24.2. The molecular weight excluding hydrogens is 553 g/mol. The Hall–Kier alpha value is -2.89. The van der Waals surface area contributed by atoms with Crippen molar-refractivity contribution in [2.45, 2.75) is 6.36 Å². The topological polar surface area (TPSA) is 53.5 Å². The van der Waals surface area contributed by atoms with Gasteiger partial charge in [0.15, 0.2) is 0 Å². The molecule has 0 N–H and O–H groups in total. The van der Waals surface area contributed by atoms with Crippen molar-refractivity contribution >= 4 is 59.0 Å². The molecule has 0 saturated carbocycles. The molecule has 5 aromatic rings. The minimum absolute atomic E-state index is 0.258. The van der Waals surface area contributed by atoms with Crippen LogP contribution in [0.3, 0.4) is 0 Å². The van der Waals surface area contributed by atoms with Crippen LogP contribution in [0.5, 0.6) is 17.2 Å². The van der Waals surface area contributed by atoms with Crippen molar-refractivity contribution < 1.29 is 27.4 Å². The van der Waals surface area contributed by atoms with E-state index in [2.05, 4.69) is 30.6 Å². The van der Waals surface area contributed by atoms with Gasteiger partial charge in [-0.3, -0.25) is 0 Å². The van der Waals surface area contributed by atoms with E-state index in [-0.39, 0.29) is 5.75 Å². The maximum atomic E-state index is 12.2. The van der Waals surface area contributed by atoms with E-state index < -0.39 is 6.36 Å². The summed E-state index contributed by atoms with van der Waals surface area (Å²) < 4.78 is 54.0. The molecule has 5 nitrogen and oxygen atoms in total. The Kier molecular flexibility index (Phi) is 7.24. The predicted octanol–water partition coefficient (Wildman–Crippen LogP) is 7.94. The Morgan fingerprint density at radius 2 is 1.32 bits per heavy atom. The minimum atomic E-state index is -4.70. The SMILES string of the molecule is COc1ccc2ncsc2c1-c1ccc(OC(F)(F)F)cc1.COc1ccc2ncsc2c1Br. The Labute approximate surface area is 208 Å². The highest BCUT2D eigenvalue weighted by Crippen LogP contribution is 2.39. The summed E-state index contributed by atoms with van der Waals surface area (Å²) in [6.45, 7) is 0. The molecule has 0 atom stereocenters. The molecule has 0 bridgehead atoms. The van der Waals surface area contributed by atoms with Crippen molar-refractivity contribution in [3.05, 3.63) is 64.0 Å². The fourth-order valence-electron chi connectivity index (χ4n) is 3.21. The molecule has 0 unspecified atom stereocenters. The van der Waals surface area contributed by atoms with Gasteiger partial charge in [0.05, 0.1) is 50.1 Å². The van der Waals surface area contributed by atoms with Gasteiger partial charge in [0.1, 0.15) is 17.2 Å². The second-order valence-electron chi connectivity index (χ2n) is 6.70. The number of nitrogens with zero attached hydrogens (tertiary/aromatic N) is 2. The lowest BCUT2D eigenvalue weighted by Crippen LogP contribution is -2.16. The van der Waals surface area contributed by atoms with Crippen molar-refractivity contribution in [3.63, 3.8) is 0 Å². The summed E-state index contributed by atoms with van der Waals surface area (Å²) in [5, 5.41) is 0. The predicted molar refractivity (Wildman–Crippen MR) is 132 cm³/mol. The molecule has 0 saturated heterocycles. The molecule has 5 rings (SSSR count). The van der Waals surface area contributed by atoms with Crippen molar-refractivity contribution in [2.24, 2.45) is 0 Å². The van der Waals surface area contributed by atoms with E-state index in [4.69, 9.17) is 9.47 Å². The molecule has 0 aliphatic carbocycles. The van der Waals surface area contributed by atoms with E-state index in [1.807, 2.05) is 23.7 Å². The molecule has 2 aromatic heterocycles. The van der Waals surface area contributed by atoms with E-state index in [9.17, 15) is 13.2 Å². The zero-order valence-electron chi connectivity index (χ0n) is 17.7. The summed E-state index contributed by atoms with van der Waals surface area (Å²) in [4.78, 5) is 8.42. The average Bonchev–Trinajstić information content (AvgIpc) is 3.48. The van der Waals surface area contributed by atoms with Crippen LogP contribution in [-0.4, -0.2) is 30.5 Å². The first-order valence-corrected chi connectivity index (χ1v) is 12.2. The van der Waals surface area contributed by atoms with Crippen molar-refractivity contribution in [2.75, 3.05) is 14.2 Å². The molecular formula is C23H16BrF3N2O3S2. The van der Waals surface area contributed by atoms with Gasteiger partial charge in [0.25, 0.3) is 0 Å². The van der Waals surface area contributed by atoms with Gasteiger partial charge in [0.2, 0.25) is 0 Å².